The molecule has 3 rings (SSSR count). The molecule has 0 aromatic heterocycles. The quantitative estimate of drug-likeness (QED) is 0.493. The first-order chi connectivity index (χ1) is 11.1. The van der Waals surface area contributed by atoms with Gasteiger partial charge in [0.25, 0.3) is 0 Å². The SMILES string of the molecule is O=S(=O)(CCSc1ccc2ccccc2c1)Oc1ccccc1. The van der Waals surface area contributed by atoms with Crippen molar-refractivity contribution < 1.29 is 12.6 Å². The zero-order valence-electron chi connectivity index (χ0n) is 12.4. The molecular formula is C18H16O3S2. The lowest BCUT2D eigenvalue weighted by molar-refractivity contribution is 0.488. The van der Waals surface area contributed by atoms with Gasteiger partial charge < -0.3 is 4.18 Å². The molecule has 3 aromatic rings. The van der Waals surface area contributed by atoms with Crippen molar-refractivity contribution in [2.24, 2.45) is 0 Å². The molecule has 0 fully saturated rings. The Kier molecular flexibility index (Phi) is 4.88. The molecule has 0 saturated carbocycles. The third-order valence-electron chi connectivity index (χ3n) is 3.29. The first kappa shape index (κ1) is 15.9. The molecule has 0 aliphatic heterocycles. The molecule has 0 saturated heterocycles. The second kappa shape index (κ2) is 7.06. The van der Waals surface area contributed by atoms with Crippen LogP contribution in [0.3, 0.4) is 0 Å². The second-order valence-electron chi connectivity index (χ2n) is 5.02. The highest BCUT2D eigenvalue weighted by molar-refractivity contribution is 8.00. The van der Waals surface area contributed by atoms with E-state index in [2.05, 4.69) is 18.2 Å². The van der Waals surface area contributed by atoms with Crippen molar-refractivity contribution in [1.29, 1.82) is 0 Å². The van der Waals surface area contributed by atoms with E-state index in [0.717, 1.165) is 10.3 Å². The van der Waals surface area contributed by atoms with E-state index >= 15 is 0 Å². The van der Waals surface area contributed by atoms with Gasteiger partial charge in [-0.15, -0.1) is 11.8 Å². The van der Waals surface area contributed by atoms with Gasteiger partial charge in [0.2, 0.25) is 0 Å². The maximum absolute atomic E-state index is 12.0. The number of para-hydroxylation sites is 1. The van der Waals surface area contributed by atoms with Crippen LogP contribution in [-0.4, -0.2) is 19.9 Å². The van der Waals surface area contributed by atoms with Gasteiger partial charge in [-0.25, -0.2) is 0 Å². The Hall–Kier alpha value is -1.98. The van der Waals surface area contributed by atoms with Gasteiger partial charge in [-0.3, -0.25) is 0 Å². The minimum absolute atomic E-state index is 0.0284. The van der Waals surface area contributed by atoms with E-state index in [-0.39, 0.29) is 5.75 Å². The van der Waals surface area contributed by atoms with Crippen LogP contribution in [0.5, 0.6) is 5.75 Å². The topological polar surface area (TPSA) is 43.4 Å². The highest BCUT2D eigenvalue weighted by atomic mass is 32.2. The Labute approximate surface area is 140 Å². The molecule has 3 aromatic carbocycles. The molecule has 0 N–H and O–H groups in total. The summed E-state index contributed by atoms with van der Waals surface area (Å²) in [5.41, 5.74) is 0. The lowest BCUT2D eigenvalue weighted by Gasteiger charge is -2.07. The monoisotopic (exact) mass is 344 g/mol. The largest absolute Gasteiger partial charge is 0.382 e. The Morgan fingerprint density at radius 1 is 0.826 bits per heavy atom. The van der Waals surface area contributed by atoms with Gasteiger partial charge in [0.05, 0.1) is 5.75 Å². The minimum atomic E-state index is -3.57. The van der Waals surface area contributed by atoms with E-state index in [4.69, 9.17) is 4.18 Å². The molecule has 0 amide bonds. The second-order valence-corrected chi connectivity index (χ2v) is 7.87. The zero-order chi connectivity index (χ0) is 16.1. The summed E-state index contributed by atoms with van der Waals surface area (Å²) in [6.07, 6.45) is 0. The first-order valence-corrected chi connectivity index (χ1v) is 9.77. The molecule has 3 nitrogen and oxygen atoms in total. The van der Waals surface area contributed by atoms with Crippen molar-refractivity contribution in [3.63, 3.8) is 0 Å². The van der Waals surface area contributed by atoms with Crippen molar-refractivity contribution in [3.05, 3.63) is 72.8 Å². The van der Waals surface area contributed by atoms with Crippen LogP contribution in [0, 0.1) is 0 Å². The van der Waals surface area contributed by atoms with E-state index in [0.29, 0.717) is 11.5 Å². The van der Waals surface area contributed by atoms with Crippen molar-refractivity contribution >= 4 is 32.7 Å². The molecule has 118 valence electrons. The van der Waals surface area contributed by atoms with Crippen LogP contribution in [0.15, 0.2) is 77.7 Å². The fraction of sp³-hybridized carbons (Fsp3) is 0.111. The average Bonchev–Trinajstić information content (AvgIpc) is 2.55. The molecule has 0 aliphatic rings. The van der Waals surface area contributed by atoms with Gasteiger partial charge >= 0.3 is 10.1 Å². The first-order valence-electron chi connectivity index (χ1n) is 7.21. The van der Waals surface area contributed by atoms with Crippen LogP contribution >= 0.6 is 11.8 Å². The maximum atomic E-state index is 12.0. The van der Waals surface area contributed by atoms with Crippen molar-refractivity contribution in [2.45, 2.75) is 4.90 Å². The summed E-state index contributed by atoms with van der Waals surface area (Å²) in [7, 11) is -3.57. The lowest BCUT2D eigenvalue weighted by atomic mass is 10.1. The Balaban J connectivity index is 1.59. The molecule has 0 spiro atoms. The molecule has 0 bridgehead atoms. The van der Waals surface area contributed by atoms with E-state index in [9.17, 15) is 8.42 Å². The predicted molar refractivity (Wildman–Crippen MR) is 95.5 cm³/mol. The molecular weight excluding hydrogens is 328 g/mol. The number of thioether (sulfide) groups is 1. The van der Waals surface area contributed by atoms with Crippen LogP contribution in [0.2, 0.25) is 0 Å². The summed E-state index contributed by atoms with van der Waals surface area (Å²) >= 11 is 1.51. The predicted octanol–water partition coefficient (Wildman–Crippen LogP) is 4.34. The molecule has 0 heterocycles. The highest BCUT2D eigenvalue weighted by Gasteiger charge is 2.12. The normalized spacial score (nSPS) is 11.5. The third kappa shape index (κ3) is 4.50. The van der Waals surface area contributed by atoms with Gasteiger partial charge in [0.15, 0.2) is 0 Å². The van der Waals surface area contributed by atoms with Crippen molar-refractivity contribution in [3.8, 4) is 5.75 Å². The van der Waals surface area contributed by atoms with Gasteiger partial charge in [-0.05, 0) is 35.0 Å². The summed E-state index contributed by atoms with van der Waals surface area (Å²) in [4.78, 5) is 1.05. The number of fused-ring (bicyclic) bond motifs is 1. The number of hydrogen-bond acceptors (Lipinski definition) is 4. The lowest BCUT2D eigenvalue weighted by Crippen LogP contribution is -2.15. The fourth-order valence-corrected chi connectivity index (χ4v) is 4.43. The van der Waals surface area contributed by atoms with Crippen LogP contribution in [0.1, 0.15) is 0 Å². The number of rotatable bonds is 6. The third-order valence-corrected chi connectivity index (χ3v) is 5.69. The Morgan fingerprint density at radius 2 is 1.52 bits per heavy atom. The molecule has 0 radical (unpaired) electrons. The Bertz CT molecular complexity index is 890. The smallest absolute Gasteiger partial charge is 0.310 e. The molecule has 0 aliphatic carbocycles. The van der Waals surface area contributed by atoms with Crippen LogP contribution < -0.4 is 4.18 Å². The van der Waals surface area contributed by atoms with Gasteiger partial charge in [0.1, 0.15) is 5.75 Å². The van der Waals surface area contributed by atoms with Crippen molar-refractivity contribution in [1.82, 2.24) is 0 Å². The molecule has 0 atom stereocenters. The zero-order valence-corrected chi connectivity index (χ0v) is 14.0. The summed E-state index contributed by atoms with van der Waals surface area (Å²) in [5, 5.41) is 2.33. The van der Waals surface area contributed by atoms with E-state index < -0.39 is 10.1 Å². The van der Waals surface area contributed by atoms with Gasteiger partial charge in [-0.1, -0.05) is 48.5 Å². The molecule has 5 heteroatoms. The summed E-state index contributed by atoms with van der Waals surface area (Å²) in [6, 6.07) is 22.8. The molecule has 23 heavy (non-hydrogen) atoms. The number of benzene rings is 3. The highest BCUT2D eigenvalue weighted by Crippen LogP contribution is 2.24. The van der Waals surface area contributed by atoms with E-state index in [1.54, 1.807) is 24.3 Å². The van der Waals surface area contributed by atoms with Crippen LogP contribution in [0.25, 0.3) is 10.8 Å². The van der Waals surface area contributed by atoms with Crippen molar-refractivity contribution in [2.75, 3.05) is 11.5 Å². The van der Waals surface area contributed by atoms with Crippen LogP contribution in [0.4, 0.5) is 0 Å². The van der Waals surface area contributed by atoms with E-state index in [1.807, 2.05) is 30.3 Å². The summed E-state index contributed by atoms with van der Waals surface area (Å²) in [5.74, 6) is 0.774. The van der Waals surface area contributed by atoms with Crippen LogP contribution in [-0.2, 0) is 10.1 Å². The van der Waals surface area contributed by atoms with Gasteiger partial charge in [-0.2, -0.15) is 8.42 Å². The Morgan fingerprint density at radius 3 is 2.30 bits per heavy atom. The molecule has 0 unspecified atom stereocenters. The summed E-state index contributed by atoms with van der Waals surface area (Å²) in [6.45, 7) is 0. The average molecular weight is 344 g/mol. The summed E-state index contributed by atoms with van der Waals surface area (Å²) < 4.78 is 29.0. The van der Waals surface area contributed by atoms with Gasteiger partial charge in [0, 0.05) is 10.6 Å². The maximum Gasteiger partial charge on any atom is 0.310 e. The standard InChI is InChI=1S/C18H16O3S2/c19-23(20,21-17-8-2-1-3-9-17)13-12-22-18-11-10-15-6-4-5-7-16(15)14-18/h1-11,14H,12-13H2. The minimum Gasteiger partial charge on any atom is -0.382 e. The number of hydrogen-bond donors (Lipinski definition) is 0. The fourth-order valence-electron chi connectivity index (χ4n) is 2.18. The van der Waals surface area contributed by atoms with E-state index in [1.165, 1.54) is 17.1 Å².